The molecule has 1 aromatic carbocycles. The van der Waals surface area contributed by atoms with Crippen LogP contribution in [0.25, 0.3) is 0 Å². The van der Waals surface area contributed by atoms with Crippen LogP contribution < -0.4 is 5.32 Å². The van der Waals surface area contributed by atoms with Crippen molar-refractivity contribution in [1.29, 1.82) is 0 Å². The predicted octanol–water partition coefficient (Wildman–Crippen LogP) is 2.66. The van der Waals surface area contributed by atoms with Gasteiger partial charge in [0.1, 0.15) is 6.04 Å². The summed E-state index contributed by atoms with van der Waals surface area (Å²) in [4.78, 5) is 12.5. The highest BCUT2D eigenvalue weighted by Crippen LogP contribution is 2.27. The van der Waals surface area contributed by atoms with Crippen LogP contribution in [0, 0.1) is 5.92 Å². The van der Waals surface area contributed by atoms with Crippen molar-refractivity contribution >= 4 is 27.5 Å². The lowest BCUT2D eigenvalue weighted by atomic mass is 10.1. The van der Waals surface area contributed by atoms with Gasteiger partial charge in [-0.3, -0.25) is 4.79 Å². The molecule has 1 saturated heterocycles. The number of halogens is 1. The van der Waals surface area contributed by atoms with E-state index in [1.807, 2.05) is 0 Å². The lowest BCUT2D eigenvalue weighted by molar-refractivity contribution is -0.124. The van der Waals surface area contributed by atoms with E-state index < -0.39 is 16.1 Å². The summed E-state index contributed by atoms with van der Waals surface area (Å²) in [5.41, 5.74) is 0. The van der Waals surface area contributed by atoms with Gasteiger partial charge in [0.05, 0.1) is 4.90 Å². The van der Waals surface area contributed by atoms with Crippen LogP contribution in [0.2, 0.25) is 5.02 Å². The third kappa shape index (κ3) is 4.46. The highest BCUT2D eigenvalue weighted by Gasteiger charge is 2.39. The van der Waals surface area contributed by atoms with Gasteiger partial charge in [-0.25, -0.2) is 8.42 Å². The molecule has 0 bridgehead atoms. The van der Waals surface area contributed by atoms with Crippen LogP contribution in [-0.4, -0.2) is 37.8 Å². The maximum atomic E-state index is 12.7. The van der Waals surface area contributed by atoms with Crippen molar-refractivity contribution in [2.45, 2.75) is 44.0 Å². The number of carbonyl (C=O) groups is 1. The molecule has 128 valence electrons. The van der Waals surface area contributed by atoms with Gasteiger partial charge in [-0.05, 0) is 49.4 Å². The number of carbonyl (C=O) groups excluding carboxylic acids is 1. The zero-order valence-corrected chi connectivity index (χ0v) is 15.0. The molecule has 0 radical (unpaired) electrons. The Hall–Kier alpha value is -1.11. The number of hydrogen-bond acceptors (Lipinski definition) is 3. The van der Waals surface area contributed by atoms with Gasteiger partial charge in [0.15, 0.2) is 0 Å². The lowest BCUT2D eigenvalue weighted by Crippen LogP contribution is -2.46. The summed E-state index contributed by atoms with van der Waals surface area (Å²) in [6, 6.07) is 5.42. The Balaban J connectivity index is 2.11. The van der Waals surface area contributed by atoms with Gasteiger partial charge >= 0.3 is 0 Å². The number of benzene rings is 1. The quantitative estimate of drug-likeness (QED) is 0.850. The SMILES string of the molecule is CC(C)CCNC(=O)C1CCCN1S(=O)(=O)c1ccc(Cl)cc1. The van der Waals surface area contributed by atoms with Crippen molar-refractivity contribution in [3.05, 3.63) is 29.3 Å². The summed E-state index contributed by atoms with van der Waals surface area (Å²) in [6.45, 7) is 5.10. The smallest absolute Gasteiger partial charge is 0.243 e. The van der Waals surface area contributed by atoms with E-state index in [1.165, 1.54) is 16.4 Å². The number of hydrogen-bond donors (Lipinski definition) is 1. The predicted molar refractivity (Wildman–Crippen MR) is 90.8 cm³/mol. The maximum absolute atomic E-state index is 12.7. The number of nitrogens with one attached hydrogen (secondary N) is 1. The van der Waals surface area contributed by atoms with E-state index in [-0.39, 0.29) is 10.8 Å². The van der Waals surface area contributed by atoms with Gasteiger partial charge in [0.2, 0.25) is 15.9 Å². The first kappa shape index (κ1) is 18.2. The molecule has 1 aliphatic rings. The largest absolute Gasteiger partial charge is 0.355 e. The Morgan fingerprint density at radius 2 is 2.00 bits per heavy atom. The third-order valence-corrected chi connectivity index (χ3v) is 6.12. The molecule has 1 aromatic rings. The maximum Gasteiger partial charge on any atom is 0.243 e. The second-order valence-electron chi connectivity index (χ2n) is 6.20. The van der Waals surface area contributed by atoms with Crippen LogP contribution in [0.3, 0.4) is 0 Å². The highest BCUT2D eigenvalue weighted by molar-refractivity contribution is 7.89. The molecule has 1 amide bonds. The molecule has 0 saturated carbocycles. The molecule has 0 aliphatic carbocycles. The zero-order valence-electron chi connectivity index (χ0n) is 13.5. The van der Waals surface area contributed by atoms with Crippen LogP contribution in [0.1, 0.15) is 33.1 Å². The molecule has 1 aliphatic heterocycles. The minimum Gasteiger partial charge on any atom is -0.355 e. The normalized spacial score (nSPS) is 19.2. The van der Waals surface area contributed by atoms with Gasteiger partial charge in [-0.15, -0.1) is 0 Å². The van der Waals surface area contributed by atoms with Crippen molar-refractivity contribution in [3.63, 3.8) is 0 Å². The van der Waals surface area contributed by atoms with E-state index in [2.05, 4.69) is 19.2 Å². The monoisotopic (exact) mass is 358 g/mol. The van der Waals surface area contributed by atoms with Crippen LogP contribution in [0.5, 0.6) is 0 Å². The van der Waals surface area contributed by atoms with E-state index in [1.54, 1.807) is 12.1 Å². The van der Waals surface area contributed by atoms with Crippen molar-refractivity contribution in [2.24, 2.45) is 5.92 Å². The van der Waals surface area contributed by atoms with E-state index >= 15 is 0 Å². The topological polar surface area (TPSA) is 66.5 Å². The molecular formula is C16H23ClN2O3S. The molecule has 1 unspecified atom stereocenters. The Bertz CT molecular complexity index is 644. The summed E-state index contributed by atoms with van der Waals surface area (Å²) in [7, 11) is -3.68. The summed E-state index contributed by atoms with van der Waals surface area (Å²) in [5.74, 6) is 0.286. The van der Waals surface area contributed by atoms with Crippen molar-refractivity contribution in [3.8, 4) is 0 Å². The Labute approximate surface area is 143 Å². The second kappa shape index (κ2) is 7.64. The van der Waals surface area contributed by atoms with Gasteiger partial charge in [-0.1, -0.05) is 25.4 Å². The first-order chi connectivity index (χ1) is 10.8. The number of nitrogens with zero attached hydrogens (tertiary/aromatic N) is 1. The molecular weight excluding hydrogens is 336 g/mol. The van der Waals surface area contributed by atoms with E-state index in [4.69, 9.17) is 11.6 Å². The van der Waals surface area contributed by atoms with Crippen LogP contribution in [-0.2, 0) is 14.8 Å². The molecule has 23 heavy (non-hydrogen) atoms. The molecule has 1 atom stereocenters. The van der Waals surface area contributed by atoms with Crippen LogP contribution in [0.4, 0.5) is 0 Å². The van der Waals surface area contributed by atoms with Crippen molar-refractivity contribution in [1.82, 2.24) is 9.62 Å². The number of amides is 1. The standard InChI is InChI=1S/C16H23ClN2O3S/c1-12(2)9-10-18-16(20)15-4-3-11-19(15)23(21,22)14-7-5-13(17)6-8-14/h5-8,12,15H,3-4,9-11H2,1-2H3,(H,18,20). The fourth-order valence-electron chi connectivity index (χ4n) is 2.63. The summed E-state index contributed by atoms with van der Waals surface area (Å²) in [6.07, 6.45) is 2.12. The zero-order chi connectivity index (χ0) is 17.0. The third-order valence-electron chi connectivity index (χ3n) is 3.95. The average Bonchev–Trinajstić information content (AvgIpc) is 2.97. The molecule has 0 spiro atoms. The van der Waals surface area contributed by atoms with E-state index in [9.17, 15) is 13.2 Å². The molecule has 1 fully saturated rings. The minimum atomic E-state index is -3.68. The van der Waals surface area contributed by atoms with Crippen LogP contribution in [0.15, 0.2) is 29.2 Å². The molecule has 2 rings (SSSR count). The first-order valence-corrected chi connectivity index (χ1v) is 9.69. The number of rotatable bonds is 6. The molecule has 7 heteroatoms. The van der Waals surface area contributed by atoms with E-state index in [0.717, 1.165) is 6.42 Å². The molecule has 0 aromatic heterocycles. The Morgan fingerprint density at radius 1 is 1.35 bits per heavy atom. The Kier molecular flexibility index (Phi) is 6.06. The fraction of sp³-hybridized carbons (Fsp3) is 0.562. The summed E-state index contributed by atoms with van der Waals surface area (Å²) < 4.78 is 26.8. The second-order valence-corrected chi connectivity index (χ2v) is 8.53. The fourth-order valence-corrected chi connectivity index (χ4v) is 4.42. The van der Waals surface area contributed by atoms with Crippen molar-refractivity contribution < 1.29 is 13.2 Å². The highest BCUT2D eigenvalue weighted by atomic mass is 35.5. The van der Waals surface area contributed by atoms with E-state index in [0.29, 0.717) is 36.9 Å². The van der Waals surface area contributed by atoms with Gasteiger partial charge in [-0.2, -0.15) is 4.31 Å². The average molecular weight is 359 g/mol. The van der Waals surface area contributed by atoms with Crippen molar-refractivity contribution in [2.75, 3.05) is 13.1 Å². The van der Waals surface area contributed by atoms with Gasteiger partial charge < -0.3 is 5.32 Å². The van der Waals surface area contributed by atoms with Crippen LogP contribution >= 0.6 is 11.6 Å². The summed E-state index contributed by atoms with van der Waals surface area (Å²) in [5, 5.41) is 3.33. The van der Waals surface area contributed by atoms with Gasteiger partial charge in [0.25, 0.3) is 0 Å². The lowest BCUT2D eigenvalue weighted by Gasteiger charge is -2.23. The molecule has 5 nitrogen and oxygen atoms in total. The Morgan fingerprint density at radius 3 is 2.61 bits per heavy atom. The summed E-state index contributed by atoms with van der Waals surface area (Å²) >= 11 is 5.81. The molecule has 1 N–H and O–H groups in total. The van der Waals surface area contributed by atoms with Gasteiger partial charge in [0, 0.05) is 18.1 Å². The first-order valence-electron chi connectivity index (χ1n) is 7.87. The molecule has 1 heterocycles. The minimum absolute atomic E-state index is 0.170. The number of sulfonamides is 1.